The summed E-state index contributed by atoms with van der Waals surface area (Å²) in [5.41, 5.74) is 6.54. The van der Waals surface area contributed by atoms with Crippen LogP contribution in [0.1, 0.15) is 40.0 Å². The quantitative estimate of drug-likeness (QED) is 0.633. The smallest absolute Gasteiger partial charge is 0.142 e. The van der Waals surface area contributed by atoms with Gasteiger partial charge in [-0.25, -0.2) is 0 Å². The van der Waals surface area contributed by atoms with Crippen LogP contribution < -0.4 is 10.5 Å². The van der Waals surface area contributed by atoms with E-state index < -0.39 is 0 Å². The van der Waals surface area contributed by atoms with Crippen molar-refractivity contribution in [3.63, 3.8) is 0 Å². The average Bonchev–Trinajstić information content (AvgIpc) is 2.45. The van der Waals surface area contributed by atoms with Gasteiger partial charge in [0.25, 0.3) is 0 Å². The lowest BCUT2D eigenvalue weighted by Gasteiger charge is -2.37. The van der Waals surface area contributed by atoms with E-state index in [2.05, 4.69) is 20.8 Å². The molecule has 0 saturated heterocycles. The zero-order valence-electron chi connectivity index (χ0n) is 13.5. The monoisotopic (exact) mass is 291 g/mol. The van der Waals surface area contributed by atoms with Crippen LogP contribution in [0, 0.1) is 17.8 Å². The maximum atomic E-state index is 6.12. The van der Waals surface area contributed by atoms with Crippen molar-refractivity contribution in [3.8, 4) is 5.75 Å². The van der Waals surface area contributed by atoms with Crippen LogP contribution in [-0.2, 0) is 4.74 Å². The molecule has 1 aliphatic rings. The molecule has 118 valence electrons. The first-order chi connectivity index (χ1) is 10.1. The molecule has 0 aromatic heterocycles. The van der Waals surface area contributed by atoms with Crippen LogP contribution in [0.4, 0.5) is 5.69 Å². The molecule has 0 aliphatic heterocycles. The molecule has 0 radical (unpaired) electrons. The van der Waals surface area contributed by atoms with E-state index in [1.165, 1.54) is 19.3 Å². The molecule has 0 bridgehead atoms. The van der Waals surface area contributed by atoms with Crippen molar-refractivity contribution in [2.75, 3.05) is 18.9 Å². The third-order valence-electron chi connectivity index (χ3n) is 4.55. The van der Waals surface area contributed by atoms with Gasteiger partial charge >= 0.3 is 0 Å². The highest BCUT2D eigenvalue weighted by Crippen LogP contribution is 2.35. The first-order valence-corrected chi connectivity index (χ1v) is 8.16. The van der Waals surface area contributed by atoms with Crippen molar-refractivity contribution >= 4 is 5.69 Å². The zero-order valence-corrected chi connectivity index (χ0v) is 13.5. The Labute approximate surface area is 128 Å². The van der Waals surface area contributed by atoms with Gasteiger partial charge in [-0.2, -0.15) is 0 Å². The predicted molar refractivity (Wildman–Crippen MR) is 87.4 cm³/mol. The highest BCUT2D eigenvalue weighted by molar-refractivity contribution is 5.51. The van der Waals surface area contributed by atoms with Crippen molar-refractivity contribution in [1.29, 1.82) is 0 Å². The summed E-state index contributed by atoms with van der Waals surface area (Å²) in [6, 6.07) is 7.60. The Kier molecular flexibility index (Phi) is 5.92. The van der Waals surface area contributed by atoms with Crippen molar-refractivity contribution in [2.45, 2.75) is 46.1 Å². The Bertz CT molecular complexity index is 433. The normalized spacial score (nSPS) is 26.0. The fraction of sp³-hybridized carbons (Fsp3) is 0.667. The largest absolute Gasteiger partial charge is 0.489 e. The van der Waals surface area contributed by atoms with Crippen molar-refractivity contribution in [3.05, 3.63) is 24.3 Å². The molecular formula is C18H29NO2. The number of nitrogens with two attached hydrogens (primary N) is 1. The summed E-state index contributed by atoms with van der Waals surface area (Å²) >= 11 is 0. The SMILES string of the molecule is CC1CCC(C(C)C)C(OCCOc2ccccc2N)C1. The summed E-state index contributed by atoms with van der Waals surface area (Å²) in [6.07, 6.45) is 4.18. The highest BCUT2D eigenvalue weighted by atomic mass is 16.5. The maximum absolute atomic E-state index is 6.12. The molecule has 2 rings (SSSR count). The third-order valence-corrected chi connectivity index (χ3v) is 4.55. The lowest BCUT2D eigenvalue weighted by Crippen LogP contribution is -2.35. The molecule has 2 N–H and O–H groups in total. The van der Waals surface area contributed by atoms with E-state index in [9.17, 15) is 0 Å². The van der Waals surface area contributed by atoms with Crippen LogP contribution in [0.2, 0.25) is 0 Å². The second-order valence-corrected chi connectivity index (χ2v) is 6.62. The second-order valence-electron chi connectivity index (χ2n) is 6.62. The number of rotatable bonds is 6. The second kappa shape index (κ2) is 7.69. The summed E-state index contributed by atoms with van der Waals surface area (Å²) in [5, 5.41) is 0. The van der Waals surface area contributed by atoms with E-state index in [1.54, 1.807) is 0 Å². The number of benzene rings is 1. The number of hydrogen-bond donors (Lipinski definition) is 1. The fourth-order valence-electron chi connectivity index (χ4n) is 3.27. The number of hydrogen-bond acceptors (Lipinski definition) is 3. The van der Waals surface area contributed by atoms with E-state index in [1.807, 2.05) is 24.3 Å². The van der Waals surface area contributed by atoms with Gasteiger partial charge in [0, 0.05) is 0 Å². The molecule has 1 saturated carbocycles. The Hall–Kier alpha value is -1.22. The van der Waals surface area contributed by atoms with Crippen molar-refractivity contribution < 1.29 is 9.47 Å². The van der Waals surface area contributed by atoms with Gasteiger partial charge in [0.2, 0.25) is 0 Å². The molecule has 3 heteroatoms. The summed E-state index contributed by atoms with van der Waals surface area (Å²) in [6.45, 7) is 8.13. The Morgan fingerprint density at radius 1 is 1.19 bits per heavy atom. The van der Waals surface area contributed by atoms with Gasteiger partial charge in [0.05, 0.1) is 18.4 Å². The fourth-order valence-corrected chi connectivity index (χ4v) is 3.27. The van der Waals surface area contributed by atoms with E-state index in [-0.39, 0.29) is 0 Å². The third kappa shape index (κ3) is 4.63. The molecule has 3 nitrogen and oxygen atoms in total. The van der Waals surface area contributed by atoms with Gasteiger partial charge in [0.15, 0.2) is 0 Å². The summed E-state index contributed by atoms with van der Waals surface area (Å²) in [5.74, 6) is 2.89. The standard InChI is InChI=1S/C18H29NO2/c1-13(2)15-9-8-14(3)12-18(15)21-11-10-20-17-7-5-4-6-16(17)19/h4-7,13-15,18H,8-12,19H2,1-3H3. The summed E-state index contributed by atoms with van der Waals surface area (Å²) < 4.78 is 11.8. The topological polar surface area (TPSA) is 44.5 Å². The highest BCUT2D eigenvalue weighted by Gasteiger charge is 2.31. The molecule has 3 unspecified atom stereocenters. The van der Waals surface area contributed by atoms with Crippen LogP contribution in [-0.4, -0.2) is 19.3 Å². The summed E-state index contributed by atoms with van der Waals surface area (Å²) in [4.78, 5) is 0. The minimum Gasteiger partial charge on any atom is -0.489 e. The lowest BCUT2D eigenvalue weighted by molar-refractivity contribution is -0.0465. The van der Waals surface area contributed by atoms with Gasteiger partial charge in [-0.1, -0.05) is 39.3 Å². The van der Waals surface area contributed by atoms with Crippen molar-refractivity contribution in [2.24, 2.45) is 17.8 Å². The van der Waals surface area contributed by atoms with Gasteiger partial charge in [0.1, 0.15) is 12.4 Å². The van der Waals surface area contributed by atoms with Gasteiger partial charge in [-0.15, -0.1) is 0 Å². The predicted octanol–water partition coefficient (Wildman–Crippen LogP) is 4.13. The molecule has 1 aromatic rings. The van der Waals surface area contributed by atoms with Crippen LogP contribution in [0.25, 0.3) is 0 Å². The molecule has 1 aromatic carbocycles. The number of ether oxygens (including phenoxy) is 2. The molecular weight excluding hydrogens is 262 g/mol. The lowest BCUT2D eigenvalue weighted by atomic mass is 9.75. The van der Waals surface area contributed by atoms with Gasteiger partial charge in [-0.3, -0.25) is 0 Å². The molecule has 21 heavy (non-hydrogen) atoms. The van der Waals surface area contributed by atoms with E-state index in [4.69, 9.17) is 15.2 Å². The van der Waals surface area contributed by atoms with E-state index in [0.29, 0.717) is 36.8 Å². The summed E-state index contributed by atoms with van der Waals surface area (Å²) in [7, 11) is 0. The maximum Gasteiger partial charge on any atom is 0.142 e. The number of anilines is 1. The molecule has 0 spiro atoms. The van der Waals surface area contributed by atoms with Gasteiger partial charge in [-0.05, 0) is 42.7 Å². The minimum atomic E-state index is 0.380. The number of nitrogen functional groups attached to an aromatic ring is 1. The first kappa shape index (κ1) is 16.2. The van der Waals surface area contributed by atoms with Crippen LogP contribution in [0.15, 0.2) is 24.3 Å². The van der Waals surface area contributed by atoms with E-state index >= 15 is 0 Å². The Balaban J connectivity index is 1.77. The molecule has 1 fully saturated rings. The van der Waals surface area contributed by atoms with E-state index in [0.717, 1.165) is 11.7 Å². The molecule has 0 heterocycles. The minimum absolute atomic E-state index is 0.380. The van der Waals surface area contributed by atoms with Crippen LogP contribution in [0.3, 0.4) is 0 Å². The zero-order chi connectivity index (χ0) is 15.2. The average molecular weight is 291 g/mol. The molecule has 3 atom stereocenters. The van der Waals surface area contributed by atoms with Crippen LogP contribution in [0.5, 0.6) is 5.75 Å². The molecule has 1 aliphatic carbocycles. The first-order valence-electron chi connectivity index (χ1n) is 8.16. The van der Waals surface area contributed by atoms with Gasteiger partial charge < -0.3 is 15.2 Å². The van der Waals surface area contributed by atoms with Crippen molar-refractivity contribution in [1.82, 2.24) is 0 Å². The number of para-hydroxylation sites is 2. The van der Waals surface area contributed by atoms with Crippen LogP contribution >= 0.6 is 0 Å². The Morgan fingerprint density at radius 3 is 2.67 bits per heavy atom. The molecule has 0 amide bonds. The Morgan fingerprint density at radius 2 is 1.95 bits per heavy atom.